The summed E-state index contributed by atoms with van der Waals surface area (Å²) in [5.74, 6) is 0.252. The molecule has 0 radical (unpaired) electrons. The molecule has 33 heavy (non-hydrogen) atoms. The van der Waals surface area contributed by atoms with Gasteiger partial charge in [0.2, 0.25) is 5.91 Å². The molecule has 1 heterocycles. The van der Waals surface area contributed by atoms with E-state index in [1.165, 1.54) is 12.1 Å². The Kier molecular flexibility index (Phi) is 7.03. The van der Waals surface area contributed by atoms with Crippen molar-refractivity contribution < 1.29 is 18.7 Å². The Labute approximate surface area is 193 Å². The van der Waals surface area contributed by atoms with E-state index in [2.05, 4.69) is 5.32 Å². The summed E-state index contributed by atoms with van der Waals surface area (Å²) in [6.45, 7) is 1.37. The molecule has 1 aliphatic heterocycles. The number of amides is 2. The van der Waals surface area contributed by atoms with E-state index in [0.29, 0.717) is 38.0 Å². The van der Waals surface area contributed by atoms with E-state index >= 15 is 0 Å². The number of carbonyl (C=O) groups is 2. The van der Waals surface area contributed by atoms with Crippen molar-refractivity contribution >= 4 is 11.8 Å². The smallest absolute Gasteiger partial charge is 0.253 e. The van der Waals surface area contributed by atoms with E-state index in [9.17, 15) is 14.0 Å². The molecule has 0 unspecified atom stereocenters. The average molecular weight is 447 g/mol. The van der Waals surface area contributed by atoms with Crippen molar-refractivity contribution in [3.05, 3.63) is 89.7 Å². The first-order valence-corrected chi connectivity index (χ1v) is 11.1. The van der Waals surface area contributed by atoms with Gasteiger partial charge in [-0.3, -0.25) is 9.59 Å². The van der Waals surface area contributed by atoms with Crippen LogP contribution in [0, 0.1) is 11.7 Å². The Hall–Kier alpha value is -3.67. The van der Waals surface area contributed by atoms with Crippen molar-refractivity contribution in [3.63, 3.8) is 0 Å². The molecule has 170 valence electrons. The van der Waals surface area contributed by atoms with Gasteiger partial charge in [-0.15, -0.1) is 0 Å². The monoisotopic (exact) mass is 446 g/mol. The van der Waals surface area contributed by atoms with E-state index < -0.39 is 0 Å². The third-order valence-corrected chi connectivity index (χ3v) is 6.06. The molecule has 4 rings (SSSR count). The molecule has 5 nitrogen and oxygen atoms in total. The third-order valence-electron chi connectivity index (χ3n) is 6.06. The van der Waals surface area contributed by atoms with Crippen LogP contribution in [0.2, 0.25) is 0 Å². The summed E-state index contributed by atoms with van der Waals surface area (Å²) in [6, 6.07) is 21.5. The van der Waals surface area contributed by atoms with Gasteiger partial charge >= 0.3 is 0 Å². The molecule has 0 bridgehead atoms. The second-order valence-electron chi connectivity index (χ2n) is 8.19. The van der Waals surface area contributed by atoms with E-state index in [1.54, 1.807) is 24.1 Å². The van der Waals surface area contributed by atoms with Crippen LogP contribution in [-0.4, -0.2) is 36.9 Å². The van der Waals surface area contributed by atoms with Gasteiger partial charge in [0.05, 0.1) is 7.11 Å². The highest BCUT2D eigenvalue weighted by molar-refractivity contribution is 5.95. The van der Waals surface area contributed by atoms with Crippen LogP contribution in [0.4, 0.5) is 4.39 Å². The molecule has 0 saturated carbocycles. The quantitative estimate of drug-likeness (QED) is 0.599. The molecule has 1 aliphatic rings. The molecule has 2 amide bonds. The van der Waals surface area contributed by atoms with E-state index in [-0.39, 0.29) is 23.5 Å². The van der Waals surface area contributed by atoms with Gasteiger partial charge in [-0.1, -0.05) is 42.5 Å². The first kappa shape index (κ1) is 22.5. The zero-order chi connectivity index (χ0) is 23.2. The van der Waals surface area contributed by atoms with Crippen molar-refractivity contribution in [3.8, 4) is 16.9 Å². The van der Waals surface area contributed by atoms with Crippen molar-refractivity contribution in [1.82, 2.24) is 10.2 Å². The lowest BCUT2D eigenvalue weighted by molar-refractivity contribution is -0.126. The SMILES string of the molecule is COc1ccccc1-c1ccc(C(=O)N2CCC(C(=O)NCc3cccc(F)c3)CC2)cc1. The van der Waals surface area contributed by atoms with Crippen molar-refractivity contribution in [2.75, 3.05) is 20.2 Å². The average Bonchev–Trinajstić information content (AvgIpc) is 2.87. The topological polar surface area (TPSA) is 58.6 Å². The first-order chi connectivity index (χ1) is 16.0. The van der Waals surface area contributed by atoms with Crippen LogP contribution in [0.5, 0.6) is 5.75 Å². The second-order valence-corrected chi connectivity index (χ2v) is 8.19. The van der Waals surface area contributed by atoms with Gasteiger partial charge in [-0.25, -0.2) is 4.39 Å². The Morgan fingerprint density at radius 1 is 1.00 bits per heavy atom. The zero-order valence-corrected chi connectivity index (χ0v) is 18.6. The van der Waals surface area contributed by atoms with Gasteiger partial charge in [-0.2, -0.15) is 0 Å². The number of likely N-dealkylation sites (tertiary alicyclic amines) is 1. The van der Waals surface area contributed by atoms with E-state index in [4.69, 9.17) is 4.74 Å². The number of rotatable bonds is 6. The number of ether oxygens (including phenoxy) is 1. The number of hydrogen-bond acceptors (Lipinski definition) is 3. The van der Waals surface area contributed by atoms with Gasteiger partial charge in [0, 0.05) is 36.7 Å². The molecule has 0 spiro atoms. The molecular formula is C27H27FN2O3. The van der Waals surface area contributed by atoms with Crippen LogP contribution in [0.15, 0.2) is 72.8 Å². The van der Waals surface area contributed by atoms with Gasteiger partial charge in [0.25, 0.3) is 5.91 Å². The lowest BCUT2D eigenvalue weighted by atomic mass is 9.95. The molecule has 3 aromatic carbocycles. The minimum Gasteiger partial charge on any atom is -0.496 e. The zero-order valence-electron chi connectivity index (χ0n) is 18.6. The fourth-order valence-corrected chi connectivity index (χ4v) is 4.18. The van der Waals surface area contributed by atoms with E-state index in [1.807, 2.05) is 48.5 Å². The number of benzene rings is 3. The van der Waals surface area contributed by atoms with Crippen LogP contribution in [-0.2, 0) is 11.3 Å². The summed E-state index contributed by atoms with van der Waals surface area (Å²) < 4.78 is 18.7. The highest BCUT2D eigenvalue weighted by Crippen LogP contribution is 2.30. The Morgan fingerprint density at radius 3 is 2.42 bits per heavy atom. The number of para-hydroxylation sites is 1. The lowest BCUT2D eigenvalue weighted by Crippen LogP contribution is -2.42. The molecule has 0 atom stereocenters. The maximum atomic E-state index is 13.3. The molecule has 3 aromatic rings. The van der Waals surface area contributed by atoms with Crippen molar-refractivity contribution in [2.24, 2.45) is 5.92 Å². The number of nitrogens with zero attached hydrogens (tertiary/aromatic N) is 1. The van der Waals surface area contributed by atoms with Crippen LogP contribution in [0.3, 0.4) is 0 Å². The van der Waals surface area contributed by atoms with Gasteiger partial charge in [0.15, 0.2) is 0 Å². The number of hydrogen-bond donors (Lipinski definition) is 1. The third kappa shape index (κ3) is 5.40. The summed E-state index contributed by atoms with van der Waals surface area (Å²) in [5, 5.41) is 2.88. The van der Waals surface area contributed by atoms with Crippen LogP contribution < -0.4 is 10.1 Å². The predicted octanol–water partition coefficient (Wildman–Crippen LogP) is 4.67. The Bertz CT molecular complexity index is 1120. The maximum Gasteiger partial charge on any atom is 0.253 e. The normalized spacial score (nSPS) is 14.1. The minimum atomic E-state index is -0.315. The largest absolute Gasteiger partial charge is 0.496 e. The summed E-state index contributed by atoms with van der Waals surface area (Å²) in [6.07, 6.45) is 1.22. The molecular weight excluding hydrogens is 419 g/mol. The molecule has 0 aliphatic carbocycles. The Morgan fingerprint density at radius 2 is 1.73 bits per heavy atom. The molecule has 0 aromatic heterocycles. The highest BCUT2D eigenvalue weighted by atomic mass is 19.1. The first-order valence-electron chi connectivity index (χ1n) is 11.1. The second kappa shape index (κ2) is 10.3. The van der Waals surface area contributed by atoms with Gasteiger partial charge < -0.3 is 15.0 Å². The summed E-state index contributed by atoms with van der Waals surface area (Å²) >= 11 is 0. The summed E-state index contributed by atoms with van der Waals surface area (Å²) in [7, 11) is 1.64. The lowest BCUT2D eigenvalue weighted by Gasteiger charge is -2.31. The fraction of sp³-hybridized carbons (Fsp3) is 0.259. The number of carbonyl (C=O) groups excluding carboxylic acids is 2. The number of nitrogens with one attached hydrogen (secondary N) is 1. The van der Waals surface area contributed by atoms with Crippen molar-refractivity contribution in [1.29, 1.82) is 0 Å². The molecule has 1 fully saturated rings. The molecule has 1 saturated heterocycles. The van der Waals surface area contributed by atoms with Crippen LogP contribution >= 0.6 is 0 Å². The minimum absolute atomic E-state index is 0.0276. The summed E-state index contributed by atoms with van der Waals surface area (Å²) in [5.41, 5.74) is 3.32. The predicted molar refractivity (Wildman–Crippen MR) is 125 cm³/mol. The number of piperidine rings is 1. The number of methoxy groups -OCH3 is 1. The van der Waals surface area contributed by atoms with Gasteiger partial charge in [0.1, 0.15) is 11.6 Å². The highest BCUT2D eigenvalue weighted by Gasteiger charge is 2.27. The molecule has 1 N–H and O–H groups in total. The van der Waals surface area contributed by atoms with E-state index in [0.717, 1.165) is 22.4 Å². The summed E-state index contributed by atoms with van der Waals surface area (Å²) in [4.78, 5) is 27.3. The fourth-order valence-electron chi connectivity index (χ4n) is 4.18. The van der Waals surface area contributed by atoms with Crippen molar-refractivity contribution in [2.45, 2.75) is 19.4 Å². The maximum absolute atomic E-state index is 13.3. The molecule has 6 heteroatoms. The standard InChI is InChI=1S/C27H27FN2O3/c1-33-25-8-3-2-7-24(25)20-9-11-22(12-10-20)27(32)30-15-13-21(14-16-30)26(31)29-18-19-5-4-6-23(28)17-19/h2-12,17,21H,13-16,18H2,1H3,(H,29,31). The number of halogens is 1. The van der Waals surface area contributed by atoms with Crippen LogP contribution in [0.25, 0.3) is 11.1 Å². The van der Waals surface area contributed by atoms with Crippen LogP contribution in [0.1, 0.15) is 28.8 Å². The van der Waals surface area contributed by atoms with Gasteiger partial charge in [-0.05, 0) is 54.3 Å². The Balaban J connectivity index is 1.31.